The van der Waals surface area contributed by atoms with Gasteiger partial charge in [0.2, 0.25) is 15.5 Å². The number of pyridine rings is 1. The summed E-state index contributed by atoms with van der Waals surface area (Å²) in [4.78, 5) is 16.4. The van der Waals surface area contributed by atoms with Crippen molar-refractivity contribution in [3.8, 4) is 0 Å². The molecule has 0 saturated carbocycles. The van der Waals surface area contributed by atoms with Crippen LogP contribution >= 0.6 is 0 Å². The Kier molecular flexibility index (Phi) is 3.20. The van der Waals surface area contributed by atoms with E-state index in [1.54, 1.807) is 0 Å². The lowest BCUT2D eigenvalue weighted by atomic mass is 10.1. The van der Waals surface area contributed by atoms with Gasteiger partial charge in [0.25, 0.3) is 0 Å². The van der Waals surface area contributed by atoms with Crippen molar-refractivity contribution in [2.24, 2.45) is 0 Å². The highest BCUT2D eigenvalue weighted by molar-refractivity contribution is 7.89. The molecule has 0 amide bonds. The summed E-state index contributed by atoms with van der Waals surface area (Å²) in [5.74, 6) is 0. The predicted octanol–water partition coefficient (Wildman–Crippen LogP) is -0.110. The zero-order valence-corrected chi connectivity index (χ0v) is 11.3. The van der Waals surface area contributed by atoms with Crippen LogP contribution in [0.15, 0.2) is 28.2 Å². The fraction of sp³-hybridized carbons (Fsp3) is 0.583. The summed E-state index contributed by atoms with van der Waals surface area (Å²) in [5, 5.41) is 0. The minimum atomic E-state index is -3.73. The minimum Gasteiger partial charge on any atom is -0.366 e. The molecule has 104 valence electrons. The second kappa shape index (κ2) is 4.73. The van der Waals surface area contributed by atoms with E-state index in [-0.39, 0.29) is 17.0 Å². The van der Waals surface area contributed by atoms with Gasteiger partial charge in [-0.05, 0) is 25.8 Å². The fourth-order valence-corrected chi connectivity index (χ4v) is 4.45. The Morgan fingerprint density at radius 2 is 2.16 bits per heavy atom. The molecule has 19 heavy (non-hydrogen) atoms. The van der Waals surface area contributed by atoms with Crippen LogP contribution in [0.3, 0.4) is 0 Å². The van der Waals surface area contributed by atoms with Crippen LogP contribution in [-0.4, -0.2) is 43.5 Å². The Balaban J connectivity index is 1.83. The number of H-pyrrole nitrogens is 1. The lowest BCUT2D eigenvalue weighted by molar-refractivity contribution is 0.309. The summed E-state index contributed by atoms with van der Waals surface area (Å²) in [6, 6.07) is 1.44. The highest BCUT2D eigenvalue weighted by atomic mass is 32.2. The molecule has 2 unspecified atom stereocenters. The van der Waals surface area contributed by atoms with Gasteiger partial charge in [0.05, 0.1) is 0 Å². The number of rotatable bonds is 3. The van der Waals surface area contributed by atoms with Crippen LogP contribution < -0.4 is 10.2 Å². The number of aromatic amines is 1. The summed E-state index contributed by atoms with van der Waals surface area (Å²) in [6.45, 7) is 1.98. The molecule has 2 N–H and O–H groups in total. The molecule has 0 spiro atoms. The average molecular weight is 283 g/mol. The van der Waals surface area contributed by atoms with E-state index < -0.39 is 15.5 Å². The summed E-state index contributed by atoms with van der Waals surface area (Å²) >= 11 is 0. The van der Waals surface area contributed by atoms with Gasteiger partial charge in [-0.3, -0.25) is 9.69 Å². The van der Waals surface area contributed by atoms with E-state index in [4.69, 9.17) is 0 Å². The molecule has 2 saturated heterocycles. The maximum atomic E-state index is 12.2. The second-order valence-corrected chi connectivity index (χ2v) is 6.82. The first-order chi connectivity index (χ1) is 9.08. The maximum Gasteiger partial charge on any atom is 0.246 e. The van der Waals surface area contributed by atoms with E-state index in [0.717, 1.165) is 32.4 Å². The summed E-state index contributed by atoms with van der Waals surface area (Å²) in [5.41, 5.74) is -0.479. The van der Waals surface area contributed by atoms with Crippen LogP contribution in [0.4, 0.5) is 0 Å². The highest BCUT2D eigenvalue weighted by Gasteiger charge is 2.39. The van der Waals surface area contributed by atoms with Crippen LogP contribution in [0.2, 0.25) is 0 Å². The minimum absolute atomic E-state index is 0.0768. The first-order valence-corrected chi connectivity index (χ1v) is 8.00. The van der Waals surface area contributed by atoms with Crippen LogP contribution in [-0.2, 0) is 10.0 Å². The normalized spacial score (nSPS) is 27.6. The van der Waals surface area contributed by atoms with Crippen molar-refractivity contribution in [3.63, 3.8) is 0 Å². The molecular weight excluding hydrogens is 266 g/mol. The van der Waals surface area contributed by atoms with Gasteiger partial charge >= 0.3 is 0 Å². The third-order valence-electron chi connectivity index (χ3n) is 3.99. The third-order valence-corrected chi connectivity index (χ3v) is 5.50. The fourth-order valence-electron chi connectivity index (χ4n) is 3.09. The van der Waals surface area contributed by atoms with Crippen molar-refractivity contribution in [2.45, 2.75) is 36.2 Å². The molecule has 6 nitrogen and oxygen atoms in total. The van der Waals surface area contributed by atoms with Crippen molar-refractivity contribution >= 4 is 10.0 Å². The molecule has 2 atom stereocenters. The van der Waals surface area contributed by atoms with E-state index in [9.17, 15) is 13.2 Å². The molecule has 3 rings (SSSR count). The first-order valence-electron chi connectivity index (χ1n) is 6.51. The molecule has 7 heteroatoms. The van der Waals surface area contributed by atoms with Crippen molar-refractivity contribution in [1.82, 2.24) is 14.6 Å². The van der Waals surface area contributed by atoms with Crippen molar-refractivity contribution in [3.05, 3.63) is 28.7 Å². The summed E-state index contributed by atoms with van der Waals surface area (Å²) in [6.07, 6.45) is 5.63. The van der Waals surface area contributed by atoms with Gasteiger partial charge in [-0.2, -0.15) is 0 Å². The second-order valence-electron chi connectivity index (χ2n) is 5.13. The first kappa shape index (κ1) is 12.8. The Morgan fingerprint density at radius 3 is 2.95 bits per heavy atom. The molecule has 2 aliphatic heterocycles. The molecule has 1 aromatic heterocycles. The lowest BCUT2D eigenvalue weighted by Gasteiger charge is -2.20. The summed E-state index contributed by atoms with van der Waals surface area (Å²) in [7, 11) is -3.73. The van der Waals surface area contributed by atoms with Crippen LogP contribution in [0, 0.1) is 0 Å². The van der Waals surface area contributed by atoms with Crippen LogP contribution in [0.25, 0.3) is 0 Å². The van der Waals surface area contributed by atoms with Gasteiger partial charge in [0, 0.05) is 37.1 Å². The Hall–Kier alpha value is -1.18. The van der Waals surface area contributed by atoms with Crippen molar-refractivity contribution in [2.75, 3.05) is 13.1 Å². The van der Waals surface area contributed by atoms with Crippen LogP contribution in [0.5, 0.6) is 0 Å². The number of hydrogen-bond donors (Lipinski definition) is 2. The molecule has 2 aliphatic rings. The van der Waals surface area contributed by atoms with Gasteiger partial charge in [0.1, 0.15) is 4.90 Å². The van der Waals surface area contributed by atoms with E-state index in [2.05, 4.69) is 14.6 Å². The van der Waals surface area contributed by atoms with E-state index in [1.165, 1.54) is 18.5 Å². The molecule has 3 heterocycles. The monoisotopic (exact) mass is 283 g/mol. The maximum absolute atomic E-state index is 12.2. The third kappa shape index (κ3) is 2.33. The molecule has 0 radical (unpaired) electrons. The molecule has 0 aromatic carbocycles. The number of sulfonamides is 1. The summed E-state index contributed by atoms with van der Waals surface area (Å²) < 4.78 is 27.2. The molecular formula is C12H17N3O3S. The number of hydrogen-bond acceptors (Lipinski definition) is 4. The topological polar surface area (TPSA) is 82.3 Å². The lowest BCUT2D eigenvalue weighted by Crippen LogP contribution is -2.43. The number of nitrogens with zero attached hydrogens (tertiary/aromatic N) is 1. The average Bonchev–Trinajstić information content (AvgIpc) is 2.94. The highest BCUT2D eigenvalue weighted by Crippen LogP contribution is 2.28. The van der Waals surface area contributed by atoms with Gasteiger partial charge in [-0.1, -0.05) is 0 Å². The van der Waals surface area contributed by atoms with E-state index in [0.29, 0.717) is 0 Å². The zero-order valence-electron chi connectivity index (χ0n) is 10.5. The largest absolute Gasteiger partial charge is 0.366 e. The van der Waals surface area contributed by atoms with Crippen LogP contribution in [0.1, 0.15) is 19.3 Å². The van der Waals surface area contributed by atoms with Crippen molar-refractivity contribution < 1.29 is 8.42 Å². The standard InChI is InChI=1S/C12H17N3O3S/c16-11-3-5-13-8-12(11)19(17,18)14-9-4-7-15-6-1-2-10(9)15/h3,5,8-10,14H,1-2,4,6-7H2,(H,13,16). The SMILES string of the molecule is O=c1cc[nH]cc1S(=O)(=O)NC1CCN2CCCC12. The van der Waals surface area contributed by atoms with Gasteiger partial charge in [-0.15, -0.1) is 0 Å². The number of nitrogens with one attached hydrogen (secondary N) is 2. The molecule has 0 aliphatic carbocycles. The van der Waals surface area contributed by atoms with Gasteiger partial charge in [-0.25, -0.2) is 13.1 Å². The molecule has 0 bridgehead atoms. The van der Waals surface area contributed by atoms with Gasteiger partial charge in [0.15, 0.2) is 0 Å². The number of fused-ring (bicyclic) bond motifs is 1. The molecule has 1 aromatic rings. The Labute approximate surface area is 111 Å². The van der Waals surface area contributed by atoms with Crippen molar-refractivity contribution in [1.29, 1.82) is 0 Å². The zero-order chi connectivity index (χ0) is 13.5. The Morgan fingerprint density at radius 1 is 1.32 bits per heavy atom. The number of aromatic nitrogens is 1. The smallest absolute Gasteiger partial charge is 0.246 e. The Bertz CT molecular complexity index is 625. The van der Waals surface area contributed by atoms with E-state index >= 15 is 0 Å². The quantitative estimate of drug-likeness (QED) is 0.811. The molecule has 2 fully saturated rings. The predicted molar refractivity (Wildman–Crippen MR) is 70.4 cm³/mol. The van der Waals surface area contributed by atoms with E-state index in [1.807, 2.05) is 0 Å². The van der Waals surface area contributed by atoms with Gasteiger partial charge < -0.3 is 4.98 Å².